The van der Waals surface area contributed by atoms with Crippen LogP contribution in [0.4, 0.5) is 0 Å². The molecule has 7 nitrogen and oxygen atoms in total. The van der Waals surface area contributed by atoms with Crippen molar-refractivity contribution in [3.8, 4) is 0 Å². The first-order valence-electron chi connectivity index (χ1n) is 6.68. The first-order valence-corrected chi connectivity index (χ1v) is 6.68. The van der Waals surface area contributed by atoms with Crippen LogP contribution in [-0.2, 0) is 6.54 Å². The Morgan fingerprint density at radius 3 is 2.91 bits per heavy atom. The van der Waals surface area contributed by atoms with E-state index in [-0.39, 0.29) is 17.9 Å². The van der Waals surface area contributed by atoms with E-state index in [1.165, 1.54) is 17.8 Å². The molecule has 0 atom stereocenters. The third-order valence-corrected chi connectivity index (χ3v) is 3.46. The summed E-state index contributed by atoms with van der Waals surface area (Å²) in [6.45, 7) is 0.272. The molecule has 1 aromatic carbocycles. The number of rotatable bonds is 4. The highest BCUT2D eigenvalue weighted by Gasteiger charge is 2.18. The van der Waals surface area contributed by atoms with E-state index in [1.807, 2.05) is 30.5 Å². The molecule has 3 rings (SSSR count). The van der Waals surface area contributed by atoms with E-state index in [1.54, 1.807) is 0 Å². The van der Waals surface area contributed by atoms with Crippen molar-refractivity contribution < 1.29 is 14.7 Å². The second-order valence-electron chi connectivity index (χ2n) is 4.81. The molecule has 0 fully saturated rings. The zero-order valence-electron chi connectivity index (χ0n) is 11.8. The Morgan fingerprint density at radius 1 is 1.36 bits per heavy atom. The van der Waals surface area contributed by atoms with Gasteiger partial charge in [-0.05, 0) is 17.7 Å². The van der Waals surface area contributed by atoms with E-state index in [2.05, 4.69) is 15.4 Å². The van der Waals surface area contributed by atoms with Gasteiger partial charge in [0, 0.05) is 30.2 Å². The number of benzene rings is 1. The number of aromatic nitrogens is 3. The number of nitrogens with zero attached hydrogens (tertiary/aromatic N) is 2. The van der Waals surface area contributed by atoms with Crippen molar-refractivity contribution in [1.29, 1.82) is 0 Å². The second-order valence-corrected chi connectivity index (χ2v) is 4.81. The van der Waals surface area contributed by atoms with Crippen LogP contribution in [0.25, 0.3) is 10.9 Å². The summed E-state index contributed by atoms with van der Waals surface area (Å²) in [5.74, 6) is -1.54. The van der Waals surface area contributed by atoms with Gasteiger partial charge in [-0.2, -0.15) is 5.10 Å². The number of carbonyl (C=O) groups excluding carboxylic acids is 1. The molecule has 22 heavy (non-hydrogen) atoms. The summed E-state index contributed by atoms with van der Waals surface area (Å²) in [6, 6.07) is 8.93. The largest absolute Gasteiger partial charge is 0.477 e. The molecule has 3 aromatic rings. The molecule has 0 unspecified atom stereocenters. The van der Waals surface area contributed by atoms with Crippen LogP contribution in [0.15, 0.2) is 36.5 Å². The Kier molecular flexibility index (Phi) is 3.38. The number of aromatic amines is 1. The van der Waals surface area contributed by atoms with Crippen LogP contribution in [0.2, 0.25) is 0 Å². The fraction of sp³-hybridized carbons (Fsp3) is 0.133. The van der Waals surface area contributed by atoms with Gasteiger partial charge in [0.05, 0.1) is 6.54 Å². The highest BCUT2D eigenvalue weighted by Crippen LogP contribution is 2.19. The maximum Gasteiger partial charge on any atom is 0.354 e. The smallest absolute Gasteiger partial charge is 0.354 e. The summed E-state index contributed by atoms with van der Waals surface area (Å²) in [7, 11) is 1.47. The lowest BCUT2D eigenvalue weighted by Gasteiger charge is -2.06. The molecule has 0 aliphatic heterocycles. The quantitative estimate of drug-likeness (QED) is 0.679. The van der Waals surface area contributed by atoms with Gasteiger partial charge in [0.1, 0.15) is 5.69 Å². The molecule has 1 amide bonds. The number of hydrogen-bond acceptors (Lipinski definition) is 3. The standard InChI is InChI=1S/C15H14N4O3/c1-16-14(20)12-7-13(15(21)22)19(18-12)8-9-3-2-4-11-10(9)5-6-17-11/h2-7,17H,8H2,1H3,(H,16,20)(H,21,22). The van der Waals surface area contributed by atoms with E-state index in [0.29, 0.717) is 0 Å². The normalized spacial score (nSPS) is 10.8. The summed E-state index contributed by atoms with van der Waals surface area (Å²) in [5, 5.41) is 16.8. The molecule has 0 aliphatic rings. The molecule has 0 saturated heterocycles. The maximum absolute atomic E-state index is 11.6. The zero-order valence-corrected chi connectivity index (χ0v) is 11.8. The molecule has 0 bridgehead atoms. The SMILES string of the molecule is CNC(=O)c1cc(C(=O)O)n(Cc2cccc3[nH]ccc23)n1. The summed E-state index contributed by atoms with van der Waals surface area (Å²) in [4.78, 5) is 26.1. The van der Waals surface area contributed by atoms with E-state index in [9.17, 15) is 14.7 Å². The van der Waals surface area contributed by atoms with Gasteiger partial charge in [-0.25, -0.2) is 4.79 Å². The summed E-state index contributed by atoms with van der Waals surface area (Å²) >= 11 is 0. The highest BCUT2D eigenvalue weighted by atomic mass is 16.4. The van der Waals surface area contributed by atoms with Crippen molar-refractivity contribution >= 4 is 22.8 Å². The Balaban J connectivity index is 2.04. The molecule has 3 N–H and O–H groups in total. The van der Waals surface area contributed by atoms with Crippen molar-refractivity contribution in [2.75, 3.05) is 7.05 Å². The van der Waals surface area contributed by atoms with Gasteiger partial charge in [0.15, 0.2) is 5.69 Å². The molecular weight excluding hydrogens is 284 g/mol. The zero-order chi connectivity index (χ0) is 15.7. The Hall–Kier alpha value is -3.09. The third kappa shape index (κ3) is 2.32. The van der Waals surface area contributed by atoms with Crippen LogP contribution < -0.4 is 5.32 Å². The lowest BCUT2D eigenvalue weighted by atomic mass is 10.1. The van der Waals surface area contributed by atoms with Crippen LogP contribution >= 0.6 is 0 Å². The second kappa shape index (κ2) is 5.36. The van der Waals surface area contributed by atoms with Crippen molar-refractivity contribution in [1.82, 2.24) is 20.1 Å². The average molecular weight is 298 g/mol. The fourth-order valence-corrected chi connectivity index (χ4v) is 2.40. The molecule has 7 heteroatoms. The molecule has 2 aromatic heterocycles. The van der Waals surface area contributed by atoms with Crippen molar-refractivity contribution in [2.24, 2.45) is 0 Å². The number of nitrogens with one attached hydrogen (secondary N) is 2. The molecular formula is C15H14N4O3. The summed E-state index contributed by atoms with van der Waals surface area (Å²) in [6.07, 6.45) is 1.82. The monoisotopic (exact) mass is 298 g/mol. The van der Waals surface area contributed by atoms with Gasteiger partial charge < -0.3 is 15.4 Å². The minimum absolute atomic E-state index is 0.0221. The number of amides is 1. The number of aromatic carboxylic acids is 1. The maximum atomic E-state index is 11.6. The molecule has 2 heterocycles. The summed E-state index contributed by atoms with van der Waals surface area (Å²) in [5.41, 5.74) is 1.95. The lowest BCUT2D eigenvalue weighted by molar-refractivity contribution is 0.0683. The molecule has 0 spiro atoms. The number of carboxylic acids is 1. The topological polar surface area (TPSA) is 100 Å². The first-order chi connectivity index (χ1) is 10.6. The Morgan fingerprint density at radius 2 is 2.18 bits per heavy atom. The van der Waals surface area contributed by atoms with E-state index in [4.69, 9.17) is 0 Å². The molecule has 0 aliphatic carbocycles. The number of carboxylic acid groups (broad SMARTS) is 1. The van der Waals surface area contributed by atoms with E-state index in [0.717, 1.165) is 16.5 Å². The number of hydrogen-bond donors (Lipinski definition) is 3. The Bertz CT molecular complexity index is 863. The van der Waals surface area contributed by atoms with Crippen LogP contribution in [0.1, 0.15) is 26.5 Å². The van der Waals surface area contributed by atoms with Crippen LogP contribution in [0.5, 0.6) is 0 Å². The fourth-order valence-electron chi connectivity index (χ4n) is 2.40. The molecule has 0 radical (unpaired) electrons. The van der Waals surface area contributed by atoms with Gasteiger partial charge in [0.2, 0.25) is 0 Å². The highest BCUT2D eigenvalue weighted by molar-refractivity contribution is 5.95. The van der Waals surface area contributed by atoms with Crippen molar-refractivity contribution in [2.45, 2.75) is 6.54 Å². The number of H-pyrrole nitrogens is 1. The van der Waals surface area contributed by atoms with Crippen LogP contribution in [-0.4, -0.2) is 38.8 Å². The third-order valence-electron chi connectivity index (χ3n) is 3.46. The van der Waals surface area contributed by atoms with E-state index < -0.39 is 11.9 Å². The minimum atomic E-state index is -1.12. The van der Waals surface area contributed by atoms with Gasteiger partial charge in [-0.15, -0.1) is 0 Å². The average Bonchev–Trinajstić information content (AvgIpc) is 3.13. The van der Waals surface area contributed by atoms with Crippen molar-refractivity contribution in [3.63, 3.8) is 0 Å². The van der Waals surface area contributed by atoms with E-state index >= 15 is 0 Å². The predicted octanol–water partition coefficient (Wildman–Crippen LogP) is 1.47. The number of carbonyl (C=O) groups is 2. The van der Waals surface area contributed by atoms with Crippen LogP contribution in [0, 0.1) is 0 Å². The minimum Gasteiger partial charge on any atom is -0.477 e. The molecule has 0 saturated carbocycles. The van der Waals surface area contributed by atoms with Gasteiger partial charge in [-0.3, -0.25) is 9.48 Å². The first kappa shape index (κ1) is 13.9. The number of fused-ring (bicyclic) bond motifs is 1. The van der Waals surface area contributed by atoms with Gasteiger partial charge in [-0.1, -0.05) is 12.1 Å². The predicted molar refractivity (Wildman–Crippen MR) is 80.0 cm³/mol. The Labute approximate surface area is 125 Å². The summed E-state index contributed by atoms with van der Waals surface area (Å²) < 4.78 is 1.33. The lowest BCUT2D eigenvalue weighted by Crippen LogP contribution is -2.18. The van der Waals surface area contributed by atoms with Gasteiger partial charge >= 0.3 is 5.97 Å². The van der Waals surface area contributed by atoms with Crippen molar-refractivity contribution in [3.05, 3.63) is 53.5 Å². The van der Waals surface area contributed by atoms with Gasteiger partial charge in [0.25, 0.3) is 5.91 Å². The van der Waals surface area contributed by atoms with Crippen LogP contribution in [0.3, 0.4) is 0 Å². The molecule has 112 valence electrons.